The normalized spacial score (nSPS) is 16.2. The van der Waals surface area contributed by atoms with Gasteiger partial charge in [-0.3, -0.25) is 4.79 Å². The largest absolute Gasteiger partial charge is 0.497 e. The maximum atomic E-state index is 12.0. The molecule has 1 aliphatic rings. The Morgan fingerprint density at radius 2 is 1.89 bits per heavy atom. The third-order valence-electron chi connectivity index (χ3n) is 4.87. The van der Waals surface area contributed by atoms with Gasteiger partial charge in [-0.25, -0.2) is 0 Å². The number of amides is 1. The molecule has 1 saturated heterocycles. The van der Waals surface area contributed by atoms with Gasteiger partial charge in [0, 0.05) is 31.7 Å². The smallest absolute Gasteiger partial charge is 0.220 e. The van der Waals surface area contributed by atoms with Crippen molar-refractivity contribution in [3.8, 4) is 11.5 Å². The molecule has 0 aliphatic carbocycles. The molecule has 2 aromatic carbocycles. The Morgan fingerprint density at radius 1 is 1.11 bits per heavy atom. The zero-order valence-electron chi connectivity index (χ0n) is 15.9. The average Bonchev–Trinajstić information content (AvgIpc) is 3.19. The molecule has 0 saturated carbocycles. The summed E-state index contributed by atoms with van der Waals surface area (Å²) in [4.78, 5) is 14.4. The first kappa shape index (κ1) is 19.1. The lowest BCUT2D eigenvalue weighted by Crippen LogP contribution is -2.31. The Balaban J connectivity index is 1.31. The summed E-state index contributed by atoms with van der Waals surface area (Å²) in [6, 6.07) is 17.9. The van der Waals surface area contributed by atoms with E-state index in [9.17, 15) is 4.79 Å². The van der Waals surface area contributed by atoms with Gasteiger partial charge in [0.25, 0.3) is 0 Å². The first-order valence-electron chi connectivity index (χ1n) is 9.58. The van der Waals surface area contributed by atoms with Gasteiger partial charge in [0.05, 0.1) is 13.7 Å². The highest BCUT2D eigenvalue weighted by Gasteiger charge is 2.23. The number of nitrogens with zero attached hydrogens (tertiary/aromatic N) is 1. The molecular weight excluding hydrogens is 340 g/mol. The highest BCUT2D eigenvalue weighted by molar-refractivity contribution is 5.75. The zero-order chi connectivity index (χ0) is 18.9. The minimum absolute atomic E-state index is 0.106. The van der Waals surface area contributed by atoms with Crippen LogP contribution < -0.4 is 19.7 Å². The van der Waals surface area contributed by atoms with Crippen molar-refractivity contribution in [3.63, 3.8) is 0 Å². The molecule has 1 amide bonds. The van der Waals surface area contributed by atoms with Gasteiger partial charge < -0.3 is 19.7 Å². The summed E-state index contributed by atoms with van der Waals surface area (Å²) in [6.07, 6.45) is 2.33. The number of nitrogens with one attached hydrogen (secondary N) is 1. The van der Waals surface area contributed by atoms with Gasteiger partial charge >= 0.3 is 0 Å². The predicted molar refractivity (Wildman–Crippen MR) is 107 cm³/mol. The minimum Gasteiger partial charge on any atom is -0.497 e. The van der Waals surface area contributed by atoms with Crippen LogP contribution >= 0.6 is 0 Å². The fraction of sp³-hybridized carbons (Fsp3) is 0.409. The molecule has 0 bridgehead atoms. The second-order valence-electron chi connectivity index (χ2n) is 6.87. The number of hydrogen-bond donors (Lipinski definition) is 1. The maximum Gasteiger partial charge on any atom is 0.220 e. The third-order valence-corrected chi connectivity index (χ3v) is 4.87. The molecule has 144 valence electrons. The summed E-state index contributed by atoms with van der Waals surface area (Å²) in [5, 5.41) is 3.07. The summed E-state index contributed by atoms with van der Waals surface area (Å²) in [6.45, 7) is 3.30. The van der Waals surface area contributed by atoms with Crippen LogP contribution in [0.5, 0.6) is 11.5 Å². The molecule has 0 aromatic heterocycles. The monoisotopic (exact) mass is 368 g/mol. The van der Waals surface area contributed by atoms with Gasteiger partial charge in [0.1, 0.15) is 11.5 Å². The van der Waals surface area contributed by atoms with Gasteiger partial charge in [0.2, 0.25) is 5.91 Å². The van der Waals surface area contributed by atoms with Crippen molar-refractivity contribution in [1.82, 2.24) is 5.32 Å². The van der Waals surface area contributed by atoms with Crippen LogP contribution in [-0.4, -0.2) is 39.3 Å². The second-order valence-corrected chi connectivity index (χ2v) is 6.87. The molecule has 1 atom stereocenters. The van der Waals surface area contributed by atoms with E-state index in [-0.39, 0.29) is 5.91 Å². The molecule has 0 spiro atoms. The van der Waals surface area contributed by atoms with Crippen molar-refractivity contribution in [3.05, 3.63) is 54.6 Å². The van der Waals surface area contributed by atoms with E-state index < -0.39 is 0 Å². The summed E-state index contributed by atoms with van der Waals surface area (Å²) < 4.78 is 10.8. The van der Waals surface area contributed by atoms with Crippen LogP contribution in [0.1, 0.15) is 19.3 Å². The fourth-order valence-corrected chi connectivity index (χ4v) is 3.31. The van der Waals surface area contributed by atoms with E-state index >= 15 is 0 Å². The Hall–Kier alpha value is -2.69. The Bertz CT molecular complexity index is 703. The van der Waals surface area contributed by atoms with E-state index in [0.29, 0.717) is 18.9 Å². The van der Waals surface area contributed by atoms with E-state index in [0.717, 1.165) is 44.0 Å². The van der Waals surface area contributed by atoms with Crippen molar-refractivity contribution in [2.45, 2.75) is 19.3 Å². The molecule has 5 heteroatoms. The van der Waals surface area contributed by atoms with Crippen LogP contribution in [0.25, 0.3) is 0 Å². The molecule has 2 aromatic rings. The summed E-state index contributed by atoms with van der Waals surface area (Å²) in [7, 11) is 1.68. The Labute approximate surface area is 161 Å². The molecule has 5 nitrogen and oxygen atoms in total. The van der Waals surface area contributed by atoms with Gasteiger partial charge in [-0.2, -0.15) is 0 Å². The molecule has 1 aliphatic heterocycles. The van der Waals surface area contributed by atoms with Crippen LogP contribution in [0.3, 0.4) is 0 Å². The van der Waals surface area contributed by atoms with E-state index in [2.05, 4.69) is 22.3 Å². The van der Waals surface area contributed by atoms with Crippen molar-refractivity contribution in [1.29, 1.82) is 0 Å². The molecule has 1 fully saturated rings. The number of methoxy groups -OCH3 is 1. The topological polar surface area (TPSA) is 50.8 Å². The van der Waals surface area contributed by atoms with E-state index in [1.807, 2.05) is 42.5 Å². The third kappa shape index (κ3) is 5.91. The number of ether oxygens (including phenoxy) is 2. The predicted octanol–water partition coefficient (Wildman–Crippen LogP) is 3.50. The summed E-state index contributed by atoms with van der Waals surface area (Å²) >= 11 is 0. The van der Waals surface area contributed by atoms with Gasteiger partial charge in [-0.05, 0) is 55.2 Å². The van der Waals surface area contributed by atoms with E-state index in [1.54, 1.807) is 7.11 Å². The lowest BCUT2D eigenvalue weighted by Gasteiger charge is -2.19. The molecular formula is C22H28N2O3. The van der Waals surface area contributed by atoms with Gasteiger partial charge in [0.15, 0.2) is 0 Å². The highest BCUT2D eigenvalue weighted by Crippen LogP contribution is 2.25. The number of rotatable bonds is 9. The van der Waals surface area contributed by atoms with Gasteiger partial charge in [-0.15, -0.1) is 0 Å². The molecule has 27 heavy (non-hydrogen) atoms. The molecule has 1 heterocycles. The number of carbonyl (C=O) groups is 1. The number of para-hydroxylation sites is 1. The van der Waals surface area contributed by atoms with Crippen molar-refractivity contribution in [2.75, 3.05) is 38.3 Å². The number of benzene rings is 2. The number of hydrogen-bond acceptors (Lipinski definition) is 4. The molecule has 1 N–H and O–H groups in total. The van der Waals surface area contributed by atoms with Gasteiger partial charge in [-0.1, -0.05) is 18.2 Å². The minimum atomic E-state index is 0.106. The maximum absolute atomic E-state index is 12.0. The van der Waals surface area contributed by atoms with Crippen molar-refractivity contribution < 1.29 is 14.3 Å². The van der Waals surface area contributed by atoms with Crippen LogP contribution in [0, 0.1) is 5.92 Å². The number of anilines is 1. The van der Waals surface area contributed by atoms with Crippen molar-refractivity contribution >= 4 is 11.6 Å². The first-order chi connectivity index (χ1) is 13.2. The van der Waals surface area contributed by atoms with E-state index in [4.69, 9.17) is 9.47 Å². The van der Waals surface area contributed by atoms with Crippen LogP contribution in [0.2, 0.25) is 0 Å². The Morgan fingerprint density at radius 3 is 2.63 bits per heavy atom. The van der Waals surface area contributed by atoms with Crippen molar-refractivity contribution in [2.24, 2.45) is 5.92 Å². The first-order valence-corrected chi connectivity index (χ1v) is 9.58. The molecule has 0 radical (unpaired) electrons. The van der Waals surface area contributed by atoms with E-state index in [1.165, 1.54) is 5.69 Å². The zero-order valence-corrected chi connectivity index (χ0v) is 15.9. The SMILES string of the molecule is COc1ccc(N2CCC(CNC(=O)CCCOc3ccccc3)C2)cc1. The molecule has 3 rings (SSSR count). The van der Waals surface area contributed by atoms with Crippen LogP contribution in [0.4, 0.5) is 5.69 Å². The van der Waals surface area contributed by atoms with Crippen LogP contribution in [0.15, 0.2) is 54.6 Å². The summed E-state index contributed by atoms with van der Waals surface area (Å²) in [5.41, 5.74) is 1.21. The molecule has 1 unspecified atom stereocenters. The number of carbonyl (C=O) groups excluding carboxylic acids is 1. The fourth-order valence-electron chi connectivity index (χ4n) is 3.31. The summed E-state index contributed by atoms with van der Waals surface area (Å²) in [5.74, 6) is 2.33. The lowest BCUT2D eigenvalue weighted by atomic mass is 10.1. The standard InChI is InChI=1S/C22H28N2O3/c1-26-20-11-9-19(10-12-20)24-14-13-18(17-24)16-23-22(25)8-5-15-27-21-6-3-2-4-7-21/h2-4,6-7,9-12,18H,5,8,13-17H2,1H3,(H,23,25). The second kappa shape index (κ2) is 9.86. The quantitative estimate of drug-likeness (QED) is 0.689. The van der Waals surface area contributed by atoms with Crippen LogP contribution in [-0.2, 0) is 4.79 Å². The average molecular weight is 368 g/mol. The Kier molecular flexibility index (Phi) is 6.97. The highest BCUT2D eigenvalue weighted by atomic mass is 16.5. The lowest BCUT2D eigenvalue weighted by molar-refractivity contribution is -0.121.